The lowest BCUT2D eigenvalue weighted by Crippen LogP contribution is -2.16. The van der Waals surface area contributed by atoms with Gasteiger partial charge in [-0.15, -0.1) is 0 Å². The molecule has 6 heteroatoms. The average Bonchev–Trinajstić information content (AvgIpc) is 2.63. The molecule has 25 heavy (non-hydrogen) atoms. The minimum Gasteiger partial charge on any atom is -0.497 e. The van der Waals surface area contributed by atoms with Gasteiger partial charge < -0.3 is 19.5 Å². The summed E-state index contributed by atoms with van der Waals surface area (Å²) in [6.07, 6.45) is 0.254. The number of ether oxygens (including phenoxy) is 3. The van der Waals surface area contributed by atoms with Crippen molar-refractivity contribution in [1.29, 1.82) is 0 Å². The molecular formula is C19H21NO5. The zero-order chi connectivity index (χ0) is 18.1. The van der Waals surface area contributed by atoms with Crippen LogP contribution in [0.1, 0.15) is 12.0 Å². The minimum absolute atomic E-state index is 0.0387. The van der Waals surface area contributed by atoms with Crippen LogP contribution in [0.5, 0.6) is 11.5 Å². The topological polar surface area (TPSA) is 73.9 Å². The normalized spacial score (nSPS) is 10.0. The van der Waals surface area contributed by atoms with E-state index in [-0.39, 0.29) is 31.3 Å². The second kappa shape index (κ2) is 9.32. The molecule has 0 bridgehead atoms. The maximum Gasteiger partial charge on any atom is 0.310 e. The Hall–Kier alpha value is -3.02. The quantitative estimate of drug-likeness (QED) is 0.746. The molecule has 2 aromatic rings. The summed E-state index contributed by atoms with van der Waals surface area (Å²) < 4.78 is 15.2. The molecule has 0 aliphatic heterocycles. The van der Waals surface area contributed by atoms with Crippen LogP contribution in [-0.4, -0.2) is 32.7 Å². The Morgan fingerprint density at radius 3 is 2.00 bits per heavy atom. The first-order valence-corrected chi connectivity index (χ1v) is 7.83. The van der Waals surface area contributed by atoms with Gasteiger partial charge in [-0.05, 0) is 42.0 Å². The van der Waals surface area contributed by atoms with Crippen molar-refractivity contribution in [2.24, 2.45) is 0 Å². The van der Waals surface area contributed by atoms with E-state index in [1.165, 1.54) is 0 Å². The molecule has 0 unspecified atom stereocenters. The summed E-state index contributed by atoms with van der Waals surface area (Å²) in [6, 6.07) is 14.2. The van der Waals surface area contributed by atoms with Gasteiger partial charge in [0.1, 0.15) is 18.1 Å². The molecule has 0 saturated carbocycles. The van der Waals surface area contributed by atoms with Crippen LogP contribution >= 0.6 is 0 Å². The van der Waals surface area contributed by atoms with Crippen molar-refractivity contribution in [2.75, 3.05) is 26.1 Å². The summed E-state index contributed by atoms with van der Waals surface area (Å²) in [4.78, 5) is 23.6. The van der Waals surface area contributed by atoms with Gasteiger partial charge in [-0.2, -0.15) is 0 Å². The van der Waals surface area contributed by atoms with E-state index in [9.17, 15) is 9.59 Å². The second-order valence-electron chi connectivity index (χ2n) is 5.27. The third kappa shape index (κ3) is 6.18. The molecule has 0 saturated heterocycles. The summed E-state index contributed by atoms with van der Waals surface area (Å²) in [6.45, 7) is 0.0387. The molecule has 1 amide bonds. The predicted molar refractivity (Wildman–Crippen MR) is 93.9 cm³/mol. The van der Waals surface area contributed by atoms with Gasteiger partial charge in [0.15, 0.2) is 0 Å². The fourth-order valence-electron chi connectivity index (χ4n) is 2.12. The Kier molecular flexibility index (Phi) is 6.83. The fraction of sp³-hybridized carbons (Fsp3) is 0.263. The molecule has 0 heterocycles. The molecule has 2 aromatic carbocycles. The van der Waals surface area contributed by atoms with Crippen LogP contribution in [0.25, 0.3) is 0 Å². The van der Waals surface area contributed by atoms with Crippen molar-refractivity contribution in [1.82, 2.24) is 0 Å². The van der Waals surface area contributed by atoms with E-state index in [1.54, 1.807) is 62.8 Å². The van der Waals surface area contributed by atoms with Crippen LogP contribution in [0, 0.1) is 0 Å². The highest BCUT2D eigenvalue weighted by atomic mass is 16.5. The maximum absolute atomic E-state index is 11.8. The van der Waals surface area contributed by atoms with E-state index in [4.69, 9.17) is 14.2 Å². The molecule has 0 fully saturated rings. The van der Waals surface area contributed by atoms with Crippen molar-refractivity contribution in [3.63, 3.8) is 0 Å². The number of amides is 1. The molecule has 132 valence electrons. The maximum atomic E-state index is 11.8. The second-order valence-corrected chi connectivity index (χ2v) is 5.27. The number of nitrogens with one attached hydrogen (secondary N) is 1. The standard InChI is InChI=1S/C19H21NO5/c1-23-16-7-3-14(4-8-16)13-19(22)25-12-11-18(21)20-15-5-9-17(24-2)10-6-15/h3-10H,11-13H2,1-2H3,(H,20,21). The van der Waals surface area contributed by atoms with Crippen molar-refractivity contribution >= 4 is 17.6 Å². The van der Waals surface area contributed by atoms with E-state index in [1.807, 2.05) is 0 Å². The van der Waals surface area contributed by atoms with Gasteiger partial charge in [-0.25, -0.2) is 0 Å². The lowest BCUT2D eigenvalue weighted by Gasteiger charge is -2.07. The number of rotatable bonds is 8. The first kappa shape index (κ1) is 18.3. The molecule has 0 radical (unpaired) electrons. The highest BCUT2D eigenvalue weighted by Gasteiger charge is 2.08. The Morgan fingerprint density at radius 2 is 1.44 bits per heavy atom. The number of carbonyl (C=O) groups is 2. The van der Waals surface area contributed by atoms with Crippen molar-refractivity contribution in [2.45, 2.75) is 12.8 Å². The van der Waals surface area contributed by atoms with Crippen molar-refractivity contribution < 1.29 is 23.8 Å². The predicted octanol–water partition coefficient (Wildman–Crippen LogP) is 2.82. The third-order valence-electron chi connectivity index (χ3n) is 3.47. The first-order valence-electron chi connectivity index (χ1n) is 7.83. The zero-order valence-corrected chi connectivity index (χ0v) is 14.3. The smallest absolute Gasteiger partial charge is 0.310 e. The summed E-state index contributed by atoms with van der Waals surface area (Å²) in [7, 11) is 3.16. The average molecular weight is 343 g/mol. The van der Waals surface area contributed by atoms with E-state index in [2.05, 4.69) is 5.32 Å². The lowest BCUT2D eigenvalue weighted by atomic mass is 10.1. The van der Waals surface area contributed by atoms with Gasteiger partial charge in [0.2, 0.25) is 5.91 Å². The molecule has 1 N–H and O–H groups in total. The summed E-state index contributed by atoms with van der Waals surface area (Å²) in [5, 5.41) is 2.73. The summed E-state index contributed by atoms with van der Waals surface area (Å²) in [5.41, 5.74) is 1.49. The lowest BCUT2D eigenvalue weighted by molar-refractivity contribution is -0.143. The Labute approximate surface area is 146 Å². The molecule has 2 rings (SSSR count). The number of esters is 1. The first-order chi connectivity index (χ1) is 12.1. The Morgan fingerprint density at radius 1 is 0.880 bits per heavy atom. The molecule has 0 spiro atoms. The number of methoxy groups -OCH3 is 2. The van der Waals surface area contributed by atoms with Gasteiger partial charge >= 0.3 is 5.97 Å². The fourth-order valence-corrected chi connectivity index (χ4v) is 2.12. The summed E-state index contributed by atoms with van der Waals surface area (Å²) in [5.74, 6) is 0.850. The molecule has 0 aromatic heterocycles. The largest absolute Gasteiger partial charge is 0.497 e. The number of anilines is 1. The van der Waals surface area contributed by atoms with Crippen LogP contribution in [0.4, 0.5) is 5.69 Å². The molecule has 0 aliphatic rings. The van der Waals surface area contributed by atoms with E-state index >= 15 is 0 Å². The van der Waals surface area contributed by atoms with Gasteiger partial charge in [0, 0.05) is 5.69 Å². The van der Waals surface area contributed by atoms with Crippen LogP contribution in [0.2, 0.25) is 0 Å². The Balaban J connectivity index is 1.69. The van der Waals surface area contributed by atoms with Gasteiger partial charge in [0.05, 0.1) is 27.1 Å². The molecule has 0 atom stereocenters. The third-order valence-corrected chi connectivity index (χ3v) is 3.47. The molecule has 0 aliphatic carbocycles. The highest BCUT2D eigenvalue weighted by Crippen LogP contribution is 2.15. The Bertz CT molecular complexity index is 633. The van der Waals surface area contributed by atoms with E-state index in [0.717, 1.165) is 11.3 Å². The number of hydrogen-bond donors (Lipinski definition) is 1. The summed E-state index contributed by atoms with van der Waals surface area (Å²) >= 11 is 0. The van der Waals surface area contributed by atoms with Crippen LogP contribution < -0.4 is 14.8 Å². The minimum atomic E-state index is -0.373. The van der Waals surface area contributed by atoms with Gasteiger partial charge in [0.25, 0.3) is 0 Å². The van der Waals surface area contributed by atoms with Crippen LogP contribution in [-0.2, 0) is 20.7 Å². The van der Waals surface area contributed by atoms with E-state index in [0.29, 0.717) is 11.4 Å². The van der Waals surface area contributed by atoms with E-state index < -0.39 is 0 Å². The van der Waals surface area contributed by atoms with Crippen molar-refractivity contribution in [3.05, 3.63) is 54.1 Å². The molecule has 6 nitrogen and oxygen atoms in total. The SMILES string of the molecule is COc1ccc(CC(=O)OCCC(=O)Nc2ccc(OC)cc2)cc1. The monoisotopic (exact) mass is 343 g/mol. The van der Waals surface area contributed by atoms with Crippen molar-refractivity contribution in [3.8, 4) is 11.5 Å². The van der Waals surface area contributed by atoms with Gasteiger partial charge in [-0.3, -0.25) is 9.59 Å². The number of benzene rings is 2. The molecular weight excluding hydrogens is 322 g/mol. The van der Waals surface area contributed by atoms with Crippen LogP contribution in [0.15, 0.2) is 48.5 Å². The van der Waals surface area contributed by atoms with Crippen LogP contribution in [0.3, 0.4) is 0 Å². The highest BCUT2D eigenvalue weighted by molar-refractivity contribution is 5.90. The van der Waals surface area contributed by atoms with Gasteiger partial charge in [-0.1, -0.05) is 12.1 Å². The number of hydrogen-bond acceptors (Lipinski definition) is 5. The zero-order valence-electron chi connectivity index (χ0n) is 14.3. The number of carbonyl (C=O) groups excluding carboxylic acids is 2.